The molecule has 1 fully saturated rings. The molecule has 2 aromatic rings. The SMILES string of the molecule is CSc1cccc(NC(=O)N2CCC(C#N)(c3ccc(Cl)cc3F)C2C)c1. The zero-order valence-electron chi connectivity index (χ0n) is 15.0. The van der Waals surface area contributed by atoms with Crippen LogP contribution in [0.25, 0.3) is 0 Å². The minimum Gasteiger partial charge on any atom is -0.320 e. The second-order valence-corrected chi connectivity index (χ2v) is 7.80. The number of rotatable bonds is 3. The van der Waals surface area contributed by atoms with Crippen LogP contribution in [0.1, 0.15) is 18.9 Å². The Morgan fingerprint density at radius 3 is 2.85 bits per heavy atom. The quantitative estimate of drug-likeness (QED) is 0.708. The zero-order valence-corrected chi connectivity index (χ0v) is 16.6. The van der Waals surface area contributed by atoms with E-state index in [2.05, 4.69) is 11.4 Å². The number of nitrogens with one attached hydrogen (secondary N) is 1. The lowest BCUT2D eigenvalue weighted by atomic mass is 9.76. The molecule has 2 aromatic carbocycles. The molecule has 0 radical (unpaired) electrons. The Balaban J connectivity index is 1.85. The third-order valence-electron chi connectivity index (χ3n) is 5.12. The highest BCUT2D eigenvalue weighted by molar-refractivity contribution is 7.98. The van der Waals surface area contributed by atoms with Crippen LogP contribution < -0.4 is 5.32 Å². The molecule has 1 aliphatic heterocycles. The summed E-state index contributed by atoms with van der Waals surface area (Å²) in [6.45, 7) is 2.15. The van der Waals surface area contributed by atoms with Gasteiger partial charge in [-0.15, -0.1) is 11.8 Å². The molecule has 1 heterocycles. The summed E-state index contributed by atoms with van der Waals surface area (Å²) in [6, 6.07) is 13.3. The highest BCUT2D eigenvalue weighted by atomic mass is 35.5. The number of hydrogen-bond acceptors (Lipinski definition) is 3. The first-order valence-electron chi connectivity index (χ1n) is 8.50. The van der Waals surface area contributed by atoms with Gasteiger partial charge in [0, 0.05) is 27.7 Å². The molecule has 2 amide bonds. The Morgan fingerprint density at radius 2 is 2.19 bits per heavy atom. The van der Waals surface area contributed by atoms with E-state index in [-0.39, 0.29) is 16.6 Å². The molecule has 3 rings (SSSR count). The number of carbonyl (C=O) groups excluding carboxylic acids is 1. The van der Waals surface area contributed by atoms with Crippen LogP contribution in [0.3, 0.4) is 0 Å². The first-order valence-corrected chi connectivity index (χ1v) is 10.1. The van der Waals surface area contributed by atoms with Gasteiger partial charge in [0.25, 0.3) is 0 Å². The number of benzene rings is 2. The predicted octanol–water partition coefficient (Wildman–Crippen LogP) is 5.29. The fraction of sp³-hybridized carbons (Fsp3) is 0.300. The highest BCUT2D eigenvalue weighted by Crippen LogP contribution is 2.41. The van der Waals surface area contributed by atoms with Crippen LogP contribution in [0, 0.1) is 17.1 Å². The first-order chi connectivity index (χ1) is 12.9. The van der Waals surface area contributed by atoms with Crippen molar-refractivity contribution in [3.63, 3.8) is 0 Å². The fourth-order valence-corrected chi connectivity index (χ4v) is 4.18. The van der Waals surface area contributed by atoms with Crippen molar-refractivity contribution < 1.29 is 9.18 Å². The van der Waals surface area contributed by atoms with Crippen molar-refractivity contribution in [2.45, 2.75) is 29.7 Å². The van der Waals surface area contributed by atoms with Crippen LogP contribution in [0.15, 0.2) is 47.4 Å². The summed E-state index contributed by atoms with van der Waals surface area (Å²) in [6.07, 6.45) is 2.33. The molecular weight excluding hydrogens is 385 g/mol. The highest BCUT2D eigenvalue weighted by Gasteiger charge is 2.49. The van der Waals surface area contributed by atoms with Crippen molar-refractivity contribution in [2.24, 2.45) is 0 Å². The van der Waals surface area contributed by atoms with Gasteiger partial charge in [-0.25, -0.2) is 9.18 Å². The number of nitrogens with zero attached hydrogens (tertiary/aromatic N) is 2. The second-order valence-electron chi connectivity index (χ2n) is 6.49. The average molecular weight is 404 g/mol. The van der Waals surface area contributed by atoms with Crippen molar-refractivity contribution in [1.29, 1.82) is 5.26 Å². The van der Waals surface area contributed by atoms with Gasteiger partial charge in [0.2, 0.25) is 0 Å². The minimum absolute atomic E-state index is 0.276. The van der Waals surface area contributed by atoms with Gasteiger partial charge in [-0.1, -0.05) is 23.7 Å². The van der Waals surface area contributed by atoms with E-state index in [9.17, 15) is 14.4 Å². The molecule has 0 aromatic heterocycles. The molecule has 1 N–H and O–H groups in total. The van der Waals surface area contributed by atoms with Gasteiger partial charge >= 0.3 is 6.03 Å². The van der Waals surface area contributed by atoms with Crippen LogP contribution >= 0.6 is 23.4 Å². The van der Waals surface area contributed by atoms with E-state index in [0.29, 0.717) is 18.7 Å². The smallest absolute Gasteiger partial charge is 0.320 e. The van der Waals surface area contributed by atoms with Crippen LogP contribution in [0.5, 0.6) is 0 Å². The molecule has 0 spiro atoms. The summed E-state index contributed by atoms with van der Waals surface area (Å²) < 4.78 is 14.5. The number of likely N-dealkylation sites (tertiary alicyclic amines) is 1. The molecule has 0 saturated carbocycles. The standard InChI is InChI=1S/C20H19ClFN3OS/c1-13-20(12-23,17-7-6-14(21)10-18(17)22)8-9-25(13)19(26)24-15-4-3-5-16(11-15)27-2/h3-7,10-11,13H,8-9H2,1-2H3,(H,24,26). The number of hydrogen-bond donors (Lipinski definition) is 1. The van der Waals surface area contributed by atoms with Gasteiger partial charge < -0.3 is 10.2 Å². The summed E-state index contributed by atoms with van der Waals surface area (Å²) in [7, 11) is 0. The van der Waals surface area contributed by atoms with Crippen LogP contribution in [-0.2, 0) is 5.41 Å². The maximum absolute atomic E-state index is 14.5. The predicted molar refractivity (Wildman–Crippen MR) is 107 cm³/mol. The van der Waals surface area contributed by atoms with Gasteiger partial charge in [-0.2, -0.15) is 5.26 Å². The lowest BCUT2D eigenvalue weighted by Gasteiger charge is -2.31. The van der Waals surface area contributed by atoms with Crippen molar-refractivity contribution >= 4 is 35.1 Å². The topological polar surface area (TPSA) is 56.1 Å². The normalized spacial score (nSPS) is 21.7. The van der Waals surface area contributed by atoms with E-state index in [4.69, 9.17) is 11.6 Å². The van der Waals surface area contributed by atoms with E-state index >= 15 is 0 Å². The fourth-order valence-electron chi connectivity index (χ4n) is 3.56. The summed E-state index contributed by atoms with van der Waals surface area (Å²) in [4.78, 5) is 15.4. The van der Waals surface area contributed by atoms with Gasteiger partial charge in [0.1, 0.15) is 11.2 Å². The molecule has 7 heteroatoms. The Morgan fingerprint density at radius 1 is 1.41 bits per heavy atom. The number of nitriles is 1. The van der Waals surface area contributed by atoms with Gasteiger partial charge in [0.15, 0.2) is 0 Å². The lowest BCUT2D eigenvalue weighted by Crippen LogP contribution is -2.44. The average Bonchev–Trinajstić information content (AvgIpc) is 2.99. The maximum Gasteiger partial charge on any atom is 0.322 e. The molecule has 1 saturated heterocycles. The number of anilines is 1. The lowest BCUT2D eigenvalue weighted by molar-refractivity contribution is 0.204. The van der Waals surface area contributed by atoms with E-state index in [0.717, 1.165) is 4.90 Å². The van der Waals surface area contributed by atoms with Crippen molar-refractivity contribution in [3.8, 4) is 6.07 Å². The third-order valence-corrected chi connectivity index (χ3v) is 6.08. The Labute approximate surface area is 167 Å². The Hall–Kier alpha value is -2.23. The number of urea groups is 1. The van der Waals surface area contributed by atoms with E-state index in [1.165, 1.54) is 6.07 Å². The zero-order chi connectivity index (χ0) is 19.6. The molecule has 0 aliphatic carbocycles. The largest absolute Gasteiger partial charge is 0.322 e. The van der Waals surface area contributed by atoms with Crippen LogP contribution in [0.4, 0.5) is 14.9 Å². The first kappa shape index (κ1) is 19.5. The third kappa shape index (κ3) is 3.62. The van der Waals surface area contributed by atoms with Crippen molar-refractivity contribution in [3.05, 3.63) is 58.9 Å². The molecule has 4 nitrogen and oxygen atoms in total. The number of amides is 2. The van der Waals surface area contributed by atoms with Crippen molar-refractivity contribution in [1.82, 2.24) is 4.90 Å². The summed E-state index contributed by atoms with van der Waals surface area (Å²) in [5.41, 5.74) is -0.139. The van der Waals surface area contributed by atoms with E-state index < -0.39 is 17.3 Å². The molecule has 1 aliphatic rings. The van der Waals surface area contributed by atoms with E-state index in [1.807, 2.05) is 30.5 Å². The van der Waals surface area contributed by atoms with Crippen LogP contribution in [0.2, 0.25) is 5.02 Å². The Kier molecular flexibility index (Phi) is 5.64. The molecule has 0 bridgehead atoms. The van der Waals surface area contributed by atoms with Gasteiger partial charge in [-0.05, 0) is 49.9 Å². The molecule has 27 heavy (non-hydrogen) atoms. The maximum atomic E-state index is 14.5. The minimum atomic E-state index is -1.10. The molecule has 2 unspecified atom stereocenters. The molecule has 140 valence electrons. The molecular formula is C20H19ClFN3OS. The monoisotopic (exact) mass is 403 g/mol. The van der Waals surface area contributed by atoms with E-state index in [1.54, 1.807) is 35.7 Å². The number of halogens is 2. The van der Waals surface area contributed by atoms with Gasteiger partial charge in [0.05, 0.1) is 12.1 Å². The summed E-state index contributed by atoms with van der Waals surface area (Å²) in [5.74, 6) is -0.522. The number of carbonyl (C=O) groups is 1. The van der Waals surface area contributed by atoms with Crippen molar-refractivity contribution in [2.75, 3.05) is 18.1 Å². The van der Waals surface area contributed by atoms with Gasteiger partial charge in [-0.3, -0.25) is 0 Å². The Bertz CT molecular complexity index is 916. The second kappa shape index (κ2) is 7.79. The molecule has 2 atom stereocenters. The summed E-state index contributed by atoms with van der Waals surface area (Å²) >= 11 is 7.43. The number of thioether (sulfide) groups is 1. The van der Waals surface area contributed by atoms with Crippen LogP contribution in [-0.4, -0.2) is 29.8 Å². The summed E-state index contributed by atoms with van der Waals surface area (Å²) in [5, 5.41) is 13.0.